The molecule has 0 bridgehead atoms. The first kappa shape index (κ1) is 24.3. The van der Waals surface area contributed by atoms with E-state index in [1.807, 2.05) is 13.8 Å². The Morgan fingerprint density at radius 2 is 1.12 bits per heavy atom. The van der Waals surface area contributed by atoms with E-state index < -0.39 is 0 Å². The van der Waals surface area contributed by atoms with Crippen LogP contribution in [0.2, 0.25) is 0 Å². The highest BCUT2D eigenvalue weighted by Gasteiger charge is 2.29. The molecule has 3 aromatic carbocycles. The van der Waals surface area contributed by atoms with Crippen LogP contribution in [0, 0.1) is 27.7 Å². The summed E-state index contributed by atoms with van der Waals surface area (Å²) in [7, 11) is 0. The lowest BCUT2D eigenvalue weighted by Crippen LogP contribution is -2.22. The fourth-order valence-electron chi connectivity index (χ4n) is 4.83. The van der Waals surface area contributed by atoms with Crippen LogP contribution in [0.5, 0.6) is 11.5 Å². The van der Waals surface area contributed by atoms with Crippen LogP contribution >= 0.6 is 0 Å². The lowest BCUT2D eigenvalue weighted by Gasteiger charge is -2.30. The van der Waals surface area contributed by atoms with Gasteiger partial charge in [-0.2, -0.15) is 0 Å². The van der Waals surface area contributed by atoms with E-state index in [4.69, 9.17) is 9.47 Å². The van der Waals surface area contributed by atoms with Gasteiger partial charge in [0.1, 0.15) is 24.2 Å². The van der Waals surface area contributed by atoms with Crippen LogP contribution in [0.4, 0.5) is 0 Å². The molecule has 0 aromatic heterocycles. The van der Waals surface area contributed by atoms with Crippen molar-refractivity contribution < 1.29 is 14.6 Å². The second-order valence-corrected chi connectivity index (χ2v) is 11.0. The van der Waals surface area contributed by atoms with Crippen molar-refractivity contribution in [3.05, 3.63) is 93.0 Å². The van der Waals surface area contributed by atoms with E-state index in [9.17, 15) is 5.11 Å². The summed E-state index contributed by atoms with van der Waals surface area (Å²) in [5.41, 5.74) is 8.91. The molecule has 1 atom stereocenters. The Balaban J connectivity index is 1.61. The molecule has 0 amide bonds. The van der Waals surface area contributed by atoms with Crippen molar-refractivity contribution in [1.29, 1.82) is 0 Å². The topological polar surface area (TPSA) is 42.0 Å². The highest BCUT2D eigenvalue weighted by Crippen LogP contribution is 2.39. The maximum Gasteiger partial charge on any atom is 0.125 e. The molecule has 1 aliphatic heterocycles. The molecule has 3 nitrogen and oxygen atoms in total. The zero-order valence-electron chi connectivity index (χ0n) is 21.9. The molecule has 1 saturated heterocycles. The van der Waals surface area contributed by atoms with Gasteiger partial charge in [-0.15, -0.1) is 0 Å². The van der Waals surface area contributed by atoms with E-state index in [-0.39, 0.29) is 16.9 Å². The summed E-state index contributed by atoms with van der Waals surface area (Å²) in [5.74, 6) is 1.37. The minimum atomic E-state index is -0.163. The van der Waals surface area contributed by atoms with E-state index in [1.54, 1.807) is 0 Å². The van der Waals surface area contributed by atoms with E-state index in [2.05, 4.69) is 90.1 Å². The molecule has 0 saturated carbocycles. The van der Waals surface area contributed by atoms with Crippen LogP contribution in [-0.4, -0.2) is 24.4 Å². The third-order valence-corrected chi connectivity index (χ3v) is 7.54. The molecule has 4 rings (SSSR count). The zero-order chi connectivity index (χ0) is 24.8. The minimum Gasteiger partial charge on any atom is -0.507 e. The highest BCUT2D eigenvalue weighted by molar-refractivity contribution is 5.51. The number of benzene rings is 3. The van der Waals surface area contributed by atoms with Crippen molar-refractivity contribution >= 4 is 0 Å². The van der Waals surface area contributed by atoms with Crippen LogP contribution in [0.1, 0.15) is 72.2 Å². The number of phenolic OH excluding ortho intramolecular Hbond substituents is 1. The van der Waals surface area contributed by atoms with Gasteiger partial charge in [-0.3, -0.25) is 0 Å². The summed E-state index contributed by atoms with van der Waals surface area (Å²) in [4.78, 5) is 0. The number of hydrogen-bond donors (Lipinski definition) is 1. The third kappa shape index (κ3) is 4.59. The predicted octanol–water partition coefficient (Wildman–Crippen LogP) is 7.06. The van der Waals surface area contributed by atoms with Gasteiger partial charge < -0.3 is 14.6 Å². The molecular weight excluding hydrogens is 420 g/mol. The van der Waals surface area contributed by atoms with Crippen LogP contribution in [0.15, 0.2) is 48.5 Å². The minimum absolute atomic E-state index is 0.137. The fourth-order valence-corrected chi connectivity index (χ4v) is 4.83. The summed E-state index contributed by atoms with van der Waals surface area (Å²) in [6.45, 7) is 18.7. The summed E-state index contributed by atoms with van der Waals surface area (Å²) in [6, 6.07) is 17.7. The van der Waals surface area contributed by atoms with Gasteiger partial charge in [0.25, 0.3) is 0 Å². The molecule has 34 heavy (non-hydrogen) atoms. The molecule has 0 aliphatic carbocycles. The van der Waals surface area contributed by atoms with Gasteiger partial charge in [0.05, 0.1) is 6.61 Å². The molecule has 1 fully saturated rings. The monoisotopic (exact) mass is 458 g/mol. The quantitative estimate of drug-likeness (QED) is 0.386. The van der Waals surface area contributed by atoms with E-state index in [0.717, 1.165) is 23.5 Å². The number of aromatic hydroxyl groups is 1. The van der Waals surface area contributed by atoms with Gasteiger partial charge in [0.2, 0.25) is 0 Å². The summed E-state index contributed by atoms with van der Waals surface area (Å²) in [6.07, 6.45) is 0.257. The van der Waals surface area contributed by atoms with Crippen LogP contribution < -0.4 is 4.74 Å². The summed E-state index contributed by atoms with van der Waals surface area (Å²) < 4.78 is 11.3. The second kappa shape index (κ2) is 8.78. The number of phenols is 1. The number of aryl methyl sites for hydroxylation is 4. The van der Waals surface area contributed by atoms with Crippen LogP contribution in [-0.2, 0) is 15.6 Å². The van der Waals surface area contributed by atoms with Gasteiger partial charge in [-0.1, -0.05) is 76.2 Å². The van der Waals surface area contributed by atoms with E-state index in [0.29, 0.717) is 12.4 Å². The van der Waals surface area contributed by atoms with E-state index >= 15 is 0 Å². The molecular formula is C31H38O3. The molecule has 1 N–H and O–H groups in total. The lowest BCUT2D eigenvalue weighted by molar-refractivity contribution is 0.260. The molecule has 0 radical (unpaired) electrons. The van der Waals surface area contributed by atoms with Crippen molar-refractivity contribution in [1.82, 2.24) is 0 Å². The Morgan fingerprint density at radius 1 is 0.735 bits per heavy atom. The highest BCUT2D eigenvalue weighted by atomic mass is 16.6. The first-order valence-electron chi connectivity index (χ1n) is 12.2. The molecule has 3 aromatic rings. The molecule has 1 unspecified atom stereocenters. The zero-order valence-corrected chi connectivity index (χ0v) is 21.9. The van der Waals surface area contributed by atoms with E-state index in [1.165, 1.54) is 33.4 Å². The summed E-state index contributed by atoms with van der Waals surface area (Å²) >= 11 is 0. The van der Waals surface area contributed by atoms with Crippen LogP contribution in [0.25, 0.3) is 0 Å². The number of ether oxygens (including phenoxy) is 2. The molecule has 180 valence electrons. The Morgan fingerprint density at radius 3 is 1.50 bits per heavy atom. The lowest BCUT2D eigenvalue weighted by atomic mass is 9.74. The van der Waals surface area contributed by atoms with Gasteiger partial charge in [0, 0.05) is 10.8 Å². The number of rotatable bonds is 7. The molecule has 0 spiro atoms. The Hall–Kier alpha value is -2.78. The van der Waals surface area contributed by atoms with Gasteiger partial charge in [-0.25, -0.2) is 0 Å². The van der Waals surface area contributed by atoms with Crippen molar-refractivity contribution in [3.63, 3.8) is 0 Å². The van der Waals surface area contributed by atoms with Crippen molar-refractivity contribution in [2.75, 3.05) is 13.2 Å². The third-order valence-electron chi connectivity index (χ3n) is 7.54. The van der Waals surface area contributed by atoms with Crippen molar-refractivity contribution in [2.24, 2.45) is 0 Å². The second-order valence-electron chi connectivity index (χ2n) is 11.0. The molecule has 3 heteroatoms. The Labute approximate surface area is 204 Å². The smallest absolute Gasteiger partial charge is 0.125 e. The SMILES string of the molecule is Cc1cc(C(C)(C)c2ccc(C(C)(C)c3cc(C)c(OCC4CO4)c(C)c3)cc2)cc(C)c1O. The van der Waals surface area contributed by atoms with Crippen LogP contribution in [0.3, 0.4) is 0 Å². The largest absolute Gasteiger partial charge is 0.507 e. The van der Waals surface area contributed by atoms with Gasteiger partial charge in [0.15, 0.2) is 0 Å². The maximum absolute atomic E-state index is 10.2. The Bertz CT molecular complexity index is 1150. The predicted molar refractivity (Wildman–Crippen MR) is 139 cm³/mol. The maximum atomic E-state index is 10.2. The first-order valence-corrected chi connectivity index (χ1v) is 12.2. The Kier molecular flexibility index (Phi) is 6.29. The standard InChI is InChI=1S/C31H38O3/c1-19-13-25(14-20(2)28(19)32)30(5,6)23-9-11-24(12-10-23)31(7,8)26-15-21(3)29(22(4)16-26)34-18-27-17-33-27/h9-16,27,32H,17-18H2,1-8H3. The fraction of sp³-hybridized carbons (Fsp3) is 0.419. The average Bonchev–Trinajstić information content (AvgIpc) is 3.61. The molecule has 1 aliphatic rings. The van der Waals surface area contributed by atoms with Crippen molar-refractivity contribution in [3.8, 4) is 11.5 Å². The normalized spacial score (nSPS) is 15.9. The number of hydrogen-bond acceptors (Lipinski definition) is 3. The first-order chi connectivity index (χ1) is 15.9. The van der Waals surface area contributed by atoms with Crippen molar-refractivity contribution in [2.45, 2.75) is 72.3 Å². The summed E-state index contributed by atoms with van der Waals surface area (Å²) in [5, 5.41) is 10.2. The molecule has 1 heterocycles. The average molecular weight is 459 g/mol. The van der Waals surface area contributed by atoms with Gasteiger partial charge >= 0.3 is 0 Å². The van der Waals surface area contributed by atoms with Gasteiger partial charge in [-0.05, 0) is 72.2 Å². The number of epoxide rings is 1.